The van der Waals surface area contributed by atoms with E-state index in [1.807, 2.05) is 18.2 Å². The van der Waals surface area contributed by atoms with Crippen molar-refractivity contribution in [1.82, 2.24) is 5.32 Å². The number of carbonyl (C=O) groups is 1. The lowest BCUT2D eigenvalue weighted by Crippen LogP contribution is -2.48. The van der Waals surface area contributed by atoms with E-state index in [2.05, 4.69) is 11.2 Å². The highest BCUT2D eigenvalue weighted by Gasteiger charge is 2.41. The van der Waals surface area contributed by atoms with Crippen molar-refractivity contribution in [3.05, 3.63) is 34.9 Å². The van der Waals surface area contributed by atoms with E-state index in [0.717, 1.165) is 5.56 Å². The van der Waals surface area contributed by atoms with Gasteiger partial charge in [-0.1, -0.05) is 29.7 Å². The van der Waals surface area contributed by atoms with Gasteiger partial charge in [-0.05, 0) is 30.5 Å². The van der Waals surface area contributed by atoms with Gasteiger partial charge >= 0.3 is 0 Å². The molecule has 1 aliphatic heterocycles. The quantitative estimate of drug-likeness (QED) is 0.860. The first kappa shape index (κ1) is 13.9. The Morgan fingerprint density at radius 3 is 2.84 bits per heavy atom. The van der Waals surface area contributed by atoms with Crippen molar-refractivity contribution in [3.63, 3.8) is 0 Å². The first-order chi connectivity index (χ1) is 9.19. The number of benzene rings is 1. The summed E-state index contributed by atoms with van der Waals surface area (Å²) in [6, 6.07) is 7.45. The Kier molecular flexibility index (Phi) is 4.47. The summed E-state index contributed by atoms with van der Waals surface area (Å²) in [5, 5.41) is 3.42. The summed E-state index contributed by atoms with van der Waals surface area (Å²) in [5.74, 6) is 2.38. The van der Waals surface area contributed by atoms with Gasteiger partial charge in [-0.2, -0.15) is 0 Å². The summed E-state index contributed by atoms with van der Waals surface area (Å²) in [6.07, 6.45) is 6.49. The summed E-state index contributed by atoms with van der Waals surface area (Å²) in [4.78, 5) is 12.5. The molecule has 1 aliphatic rings. The monoisotopic (exact) mass is 277 g/mol. The molecule has 0 bridgehead atoms. The highest BCUT2D eigenvalue weighted by molar-refractivity contribution is 6.30. The van der Waals surface area contributed by atoms with E-state index >= 15 is 0 Å². The lowest BCUT2D eigenvalue weighted by atomic mass is 9.73. The Morgan fingerprint density at radius 2 is 2.21 bits per heavy atom. The molecule has 1 saturated heterocycles. The van der Waals surface area contributed by atoms with Gasteiger partial charge in [0.15, 0.2) is 0 Å². The second-order valence-corrected chi connectivity index (χ2v) is 5.03. The van der Waals surface area contributed by atoms with Gasteiger partial charge in [-0.15, -0.1) is 6.42 Å². The molecule has 0 aromatic heterocycles. The molecule has 0 saturated carbocycles. The number of rotatable bonds is 3. The number of hydrogen-bond donors (Lipinski definition) is 1. The summed E-state index contributed by atoms with van der Waals surface area (Å²) in [5.41, 5.74) is 0.345. The molecule has 1 aromatic carbocycles. The number of carbonyl (C=O) groups excluding carboxylic acids is 1. The zero-order chi connectivity index (χ0) is 13.7. The number of halogens is 1. The summed E-state index contributed by atoms with van der Waals surface area (Å²) in [7, 11) is 0. The van der Waals surface area contributed by atoms with E-state index in [-0.39, 0.29) is 12.5 Å². The SMILES string of the molecule is C#CCNC(=O)C1(c2cccc(Cl)c2)CCOCC1. The van der Waals surface area contributed by atoms with Crippen molar-refractivity contribution in [1.29, 1.82) is 0 Å². The topological polar surface area (TPSA) is 38.3 Å². The van der Waals surface area contributed by atoms with Crippen molar-refractivity contribution in [2.75, 3.05) is 19.8 Å². The largest absolute Gasteiger partial charge is 0.381 e. The number of hydrogen-bond acceptors (Lipinski definition) is 2. The third-order valence-corrected chi connectivity index (χ3v) is 3.74. The van der Waals surface area contributed by atoms with E-state index < -0.39 is 5.41 Å². The third kappa shape index (κ3) is 2.91. The molecule has 19 heavy (non-hydrogen) atoms. The van der Waals surface area contributed by atoms with Crippen molar-refractivity contribution >= 4 is 17.5 Å². The molecule has 0 radical (unpaired) electrons. The van der Waals surface area contributed by atoms with Gasteiger partial charge in [-0.3, -0.25) is 4.79 Å². The van der Waals surface area contributed by atoms with Crippen molar-refractivity contribution in [2.45, 2.75) is 18.3 Å². The molecule has 1 N–H and O–H groups in total. The van der Waals surface area contributed by atoms with Crippen molar-refractivity contribution in [3.8, 4) is 12.3 Å². The third-order valence-electron chi connectivity index (χ3n) is 3.51. The van der Waals surface area contributed by atoms with Crippen LogP contribution in [0, 0.1) is 12.3 Å². The predicted molar refractivity (Wildman–Crippen MR) is 75.0 cm³/mol. The van der Waals surface area contributed by atoms with Crippen LogP contribution in [0.15, 0.2) is 24.3 Å². The standard InChI is InChI=1S/C15H16ClNO2/c1-2-8-17-14(18)15(6-9-19-10-7-15)12-4-3-5-13(16)11-12/h1,3-5,11H,6-10H2,(H,17,18). The van der Waals surface area contributed by atoms with Crippen LogP contribution in [-0.2, 0) is 14.9 Å². The Labute approximate surface area is 118 Å². The molecule has 4 heteroatoms. The van der Waals surface area contributed by atoms with Crippen LogP contribution in [0.3, 0.4) is 0 Å². The maximum Gasteiger partial charge on any atom is 0.231 e. The second-order valence-electron chi connectivity index (χ2n) is 4.59. The molecule has 3 nitrogen and oxygen atoms in total. The normalized spacial score (nSPS) is 17.5. The zero-order valence-electron chi connectivity index (χ0n) is 10.6. The Balaban J connectivity index is 2.34. The number of ether oxygens (including phenoxy) is 1. The van der Waals surface area contributed by atoms with Crippen LogP contribution in [0.4, 0.5) is 0 Å². The predicted octanol–water partition coefficient (Wildman–Crippen LogP) is 2.14. The minimum absolute atomic E-state index is 0.0454. The Morgan fingerprint density at radius 1 is 1.47 bits per heavy atom. The van der Waals surface area contributed by atoms with Gasteiger partial charge in [0.05, 0.1) is 12.0 Å². The van der Waals surface area contributed by atoms with Gasteiger partial charge in [0.1, 0.15) is 0 Å². The molecule has 1 fully saturated rings. The van der Waals surface area contributed by atoms with Crippen LogP contribution < -0.4 is 5.32 Å². The highest BCUT2D eigenvalue weighted by Crippen LogP contribution is 2.36. The maximum atomic E-state index is 12.5. The van der Waals surface area contributed by atoms with Gasteiger partial charge in [0.25, 0.3) is 0 Å². The van der Waals surface area contributed by atoms with E-state index in [4.69, 9.17) is 22.8 Å². The van der Waals surface area contributed by atoms with E-state index in [1.54, 1.807) is 6.07 Å². The molecule has 100 valence electrons. The van der Waals surface area contributed by atoms with Crippen LogP contribution in [0.25, 0.3) is 0 Å². The minimum atomic E-state index is -0.583. The molecular formula is C15H16ClNO2. The van der Waals surface area contributed by atoms with Crippen LogP contribution in [0.1, 0.15) is 18.4 Å². The van der Waals surface area contributed by atoms with Crippen LogP contribution in [-0.4, -0.2) is 25.7 Å². The van der Waals surface area contributed by atoms with Gasteiger partial charge < -0.3 is 10.1 Å². The van der Waals surface area contributed by atoms with E-state index in [0.29, 0.717) is 31.1 Å². The van der Waals surface area contributed by atoms with Crippen LogP contribution in [0.2, 0.25) is 5.02 Å². The molecule has 1 amide bonds. The number of nitrogens with one attached hydrogen (secondary N) is 1. The zero-order valence-corrected chi connectivity index (χ0v) is 11.4. The Bertz CT molecular complexity index is 501. The highest BCUT2D eigenvalue weighted by atomic mass is 35.5. The fourth-order valence-corrected chi connectivity index (χ4v) is 2.64. The molecule has 0 aliphatic carbocycles. The molecule has 1 aromatic rings. The molecule has 1 heterocycles. The molecule has 2 rings (SSSR count). The van der Waals surface area contributed by atoms with Crippen LogP contribution in [0.5, 0.6) is 0 Å². The van der Waals surface area contributed by atoms with E-state index in [9.17, 15) is 4.79 Å². The van der Waals surface area contributed by atoms with Gasteiger partial charge in [-0.25, -0.2) is 0 Å². The average molecular weight is 278 g/mol. The smallest absolute Gasteiger partial charge is 0.231 e. The number of amides is 1. The summed E-state index contributed by atoms with van der Waals surface area (Å²) in [6.45, 7) is 1.37. The summed E-state index contributed by atoms with van der Waals surface area (Å²) >= 11 is 6.04. The van der Waals surface area contributed by atoms with E-state index in [1.165, 1.54) is 0 Å². The number of terminal acetylenes is 1. The molecule has 0 atom stereocenters. The van der Waals surface area contributed by atoms with Crippen LogP contribution >= 0.6 is 11.6 Å². The maximum absolute atomic E-state index is 12.5. The lowest BCUT2D eigenvalue weighted by molar-refractivity contribution is -0.130. The first-order valence-electron chi connectivity index (χ1n) is 6.24. The molecule has 0 spiro atoms. The van der Waals surface area contributed by atoms with Gasteiger partial charge in [0, 0.05) is 18.2 Å². The fraction of sp³-hybridized carbons (Fsp3) is 0.400. The van der Waals surface area contributed by atoms with Crippen molar-refractivity contribution in [2.24, 2.45) is 0 Å². The van der Waals surface area contributed by atoms with Gasteiger partial charge in [0.2, 0.25) is 5.91 Å². The average Bonchev–Trinajstić information content (AvgIpc) is 2.45. The summed E-state index contributed by atoms with van der Waals surface area (Å²) < 4.78 is 5.38. The fourth-order valence-electron chi connectivity index (χ4n) is 2.45. The first-order valence-corrected chi connectivity index (χ1v) is 6.62. The second kappa shape index (κ2) is 6.10. The molecule has 0 unspecified atom stereocenters. The lowest BCUT2D eigenvalue weighted by Gasteiger charge is -2.36. The molecular weight excluding hydrogens is 262 g/mol. The minimum Gasteiger partial charge on any atom is -0.381 e. The Hall–Kier alpha value is -1.50. The van der Waals surface area contributed by atoms with Crippen molar-refractivity contribution < 1.29 is 9.53 Å².